The third kappa shape index (κ3) is 4.46. The monoisotopic (exact) mass is 223 g/mol. The van der Waals surface area contributed by atoms with Crippen LogP contribution in [0.15, 0.2) is 16.5 Å². The lowest BCUT2D eigenvalue weighted by Gasteiger charge is -2.10. The normalized spacial score (nSPS) is 12.3. The minimum Gasteiger partial charge on any atom is -0.465 e. The zero-order valence-electron chi connectivity index (χ0n) is 9.25. The van der Waals surface area contributed by atoms with Crippen molar-refractivity contribution in [2.45, 2.75) is 19.9 Å². The zero-order chi connectivity index (χ0) is 11.1. The van der Waals surface area contributed by atoms with E-state index in [2.05, 4.69) is 18.2 Å². The summed E-state index contributed by atoms with van der Waals surface area (Å²) in [4.78, 5) is 0. The second-order valence-corrected chi connectivity index (χ2v) is 4.49. The lowest BCUT2D eigenvalue weighted by atomic mass is 10.2. The highest BCUT2D eigenvalue weighted by Crippen LogP contribution is 2.15. The fourth-order valence-electron chi connectivity index (χ4n) is 1.27. The van der Waals surface area contributed by atoms with Gasteiger partial charge in [0.05, 0.1) is 11.8 Å². The fourth-order valence-corrected chi connectivity index (χ4v) is 1.79. The molecule has 1 unspecified atom stereocenters. The van der Waals surface area contributed by atoms with Gasteiger partial charge in [0, 0.05) is 12.3 Å². The van der Waals surface area contributed by atoms with Gasteiger partial charge in [-0.2, -0.15) is 0 Å². The van der Waals surface area contributed by atoms with Crippen LogP contribution in [0.25, 0.3) is 0 Å². The van der Waals surface area contributed by atoms with E-state index in [-0.39, 0.29) is 6.04 Å². The van der Waals surface area contributed by atoms with Crippen LogP contribution in [0.1, 0.15) is 24.5 Å². The topological polar surface area (TPSA) is 25.2 Å². The van der Waals surface area contributed by atoms with Crippen molar-refractivity contribution in [3.63, 3.8) is 0 Å². The van der Waals surface area contributed by atoms with Crippen LogP contribution in [0.5, 0.6) is 0 Å². The molecule has 0 fully saturated rings. The molecular weight excluding hydrogens is 206 g/mol. The molecule has 0 radical (unpaired) electrons. The largest absolute Gasteiger partial charge is 0.465 e. The van der Waals surface area contributed by atoms with E-state index in [1.54, 1.807) is 11.8 Å². The van der Waals surface area contributed by atoms with Gasteiger partial charge in [0.15, 0.2) is 0 Å². The molecule has 0 saturated heterocycles. The zero-order valence-corrected chi connectivity index (χ0v) is 10.1. The van der Waals surface area contributed by atoms with E-state index in [0.29, 0.717) is 0 Å². The Morgan fingerprint density at radius 1 is 1.60 bits per heavy atom. The van der Waals surface area contributed by atoms with Gasteiger partial charge in [0.25, 0.3) is 0 Å². The third-order valence-corrected chi connectivity index (χ3v) is 2.93. The van der Waals surface area contributed by atoms with Crippen molar-refractivity contribution < 1.29 is 4.42 Å². The van der Waals surface area contributed by atoms with Crippen LogP contribution < -0.4 is 5.32 Å². The van der Waals surface area contributed by atoms with Gasteiger partial charge in [-0.3, -0.25) is 0 Å². The molecule has 1 aromatic rings. The third-order valence-electron chi connectivity index (χ3n) is 2.07. The predicted molar refractivity (Wildman–Crippen MR) is 66.0 cm³/mol. The van der Waals surface area contributed by atoms with Crippen molar-refractivity contribution in [2.24, 2.45) is 0 Å². The molecule has 0 amide bonds. The van der Waals surface area contributed by atoms with Crippen LogP contribution in [0.2, 0.25) is 0 Å². The van der Waals surface area contributed by atoms with E-state index in [1.807, 2.05) is 19.1 Å². The van der Waals surface area contributed by atoms with Crippen molar-refractivity contribution in [3.05, 3.63) is 23.7 Å². The Morgan fingerprint density at radius 3 is 3.00 bits per heavy atom. The van der Waals surface area contributed by atoms with E-state index in [9.17, 15) is 0 Å². The summed E-state index contributed by atoms with van der Waals surface area (Å²) >= 11 is 1.77. The number of rotatable bonds is 6. The molecule has 1 atom stereocenters. The van der Waals surface area contributed by atoms with Gasteiger partial charge in [0.2, 0.25) is 0 Å². The number of hydrogen-bond donors (Lipinski definition) is 1. The van der Waals surface area contributed by atoms with Crippen LogP contribution in [0.4, 0.5) is 0 Å². The maximum absolute atomic E-state index is 5.52. The lowest BCUT2D eigenvalue weighted by molar-refractivity contribution is 0.422. The molecule has 1 aromatic heterocycles. The van der Waals surface area contributed by atoms with Crippen LogP contribution >= 0.6 is 11.8 Å². The molecule has 0 bridgehead atoms. The molecule has 0 saturated carbocycles. The molecule has 1 rings (SSSR count). The fraction of sp³-hybridized carbons (Fsp3) is 0.500. The highest BCUT2D eigenvalue weighted by molar-refractivity contribution is 7.99. The molecule has 82 valence electrons. The molecule has 0 aliphatic heterocycles. The highest BCUT2D eigenvalue weighted by atomic mass is 32.2. The number of thioether (sulfide) groups is 1. The van der Waals surface area contributed by atoms with E-state index in [0.717, 1.165) is 29.6 Å². The first-order chi connectivity index (χ1) is 7.24. The summed E-state index contributed by atoms with van der Waals surface area (Å²) in [5, 5.41) is 3.39. The SMILES string of the molecule is C#CCSCCNC(C)c1ccc(C)o1. The molecule has 3 heteroatoms. The molecule has 0 aliphatic carbocycles. The summed E-state index contributed by atoms with van der Waals surface area (Å²) in [6.45, 7) is 5.01. The molecule has 0 aliphatic rings. The smallest absolute Gasteiger partial charge is 0.120 e. The van der Waals surface area contributed by atoms with Crippen molar-refractivity contribution in [1.82, 2.24) is 5.32 Å². The Hall–Kier alpha value is -0.850. The molecule has 2 nitrogen and oxygen atoms in total. The lowest BCUT2D eigenvalue weighted by Crippen LogP contribution is -2.21. The standard InChI is InChI=1S/C12H17NOS/c1-4-8-15-9-7-13-11(3)12-6-5-10(2)14-12/h1,5-6,11,13H,7-9H2,2-3H3. The van der Waals surface area contributed by atoms with E-state index < -0.39 is 0 Å². The first-order valence-corrected chi connectivity index (χ1v) is 6.20. The average Bonchev–Trinajstić information content (AvgIpc) is 2.64. The minimum absolute atomic E-state index is 0.269. The van der Waals surface area contributed by atoms with Crippen molar-refractivity contribution in [2.75, 3.05) is 18.1 Å². The molecule has 15 heavy (non-hydrogen) atoms. The van der Waals surface area contributed by atoms with Crippen molar-refractivity contribution in [3.8, 4) is 12.3 Å². The predicted octanol–water partition coefficient (Wildman–Crippen LogP) is 2.61. The van der Waals surface area contributed by atoms with Gasteiger partial charge in [-0.05, 0) is 26.0 Å². The summed E-state index contributed by atoms with van der Waals surface area (Å²) in [5.74, 6) is 6.38. The maximum Gasteiger partial charge on any atom is 0.120 e. The summed E-state index contributed by atoms with van der Waals surface area (Å²) in [5.41, 5.74) is 0. The molecule has 1 heterocycles. The molecule has 1 N–H and O–H groups in total. The summed E-state index contributed by atoms with van der Waals surface area (Å²) in [6, 6.07) is 4.27. The minimum atomic E-state index is 0.269. The van der Waals surface area contributed by atoms with Gasteiger partial charge in [0.1, 0.15) is 11.5 Å². The molecular formula is C12H17NOS. The van der Waals surface area contributed by atoms with Gasteiger partial charge in [-0.25, -0.2) is 0 Å². The van der Waals surface area contributed by atoms with E-state index in [4.69, 9.17) is 10.8 Å². The highest BCUT2D eigenvalue weighted by Gasteiger charge is 2.07. The second-order valence-electron chi connectivity index (χ2n) is 3.38. The number of hydrogen-bond acceptors (Lipinski definition) is 3. The average molecular weight is 223 g/mol. The van der Waals surface area contributed by atoms with Crippen molar-refractivity contribution in [1.29, 1.82) is 0 Å². The van der Waals surface area contributed by atoms with E-state index in [1.165, 1.54) is 0 Å². The Balaban J connectivity index is 2.19. The van der Waals surface area contributed by atoms with Gasteiger partial charge in [-0.1, -0.05) is 5.92 Å². The molecule has 0 spiro atoms. The van der Waals surface area contributed by atoms with Crippen LogP contribution in [-0.4, -0.2) is 18.1 Å². The number of aryl methyl sites for hydroxylation is 1. The van der Waals surface area contributed by atoms with Crippen LogP contribution in [-0.2, 0) is 0 Å². The van der Waals surface area contributed by atoms with Gasteiger partial charge < -0.3 is 9.73 Å². The number of nitrogens with one attached hydrogen (secondary N) is 1. The quantitative estimate of drug-likeness (QED) is 0.593. The van der Waals surface area contributed by atoms with Gasteiger partial charge >= 0.3 is 0 Å². The summed E-state index contributed by atoms with van der Waals surface area (Å²) in [7, 11) is 0. The Kier molecular flexibility index (Phi) is 5.38. The van der Waals surface area contributed by atoms with Gasteiger partial charge in [-0.15, -0.1) is 18.2 Å². The number of terminal acetylenes is 1. The first-order valence-electron chi connectivity index (χ1n) is 5.05. The first kappa shape index (κ1) is 12.2. The second kappa shape index (κ2) is 6.60. The van der Waals surface area contributed by atoms with Crippen LogP contribution in [0.3, 0.4) is 0 Å². The summed E-state index contributed by atoms with van der Waals surface area (Å²) < 4.78 is 5.52. The Bertz CT molecular complexity index is 327. The molecule has 0 aromatic carbocycles. The Labute approximate surface area is 95.8 Å². The van der Waals surface area contributed by atoms with E-state index >= 15 is 0 Å². The van der Waals surface area contributed by atoms with Crippen LogP contribution in [0, 0.1) is 19.3 Å². The van der Waals surface area contributed by atoms with Crippen molar-refractivity contribution >= 4 is 11.8 Å². The number of furan rings is 1. The maximum atomic E-state index is 5.52. The Morgan fingerprint density at radius 2 is 2.40 bits per heavy atom. The summed E-state index contributed by atoms with van der Waals surface area (Å²) in [6.07, 6.45) is 5.16.